The molecule has 0 aliphatic heterocycles. The first kappa shape index (κ1) is 14.7. The van der Waals surface area contributed by atoms with Gasteiger partial charge in [-0.15, -0.1) is 11.3 Å². The number of methoxy groups -OCH3 is 1. The standard InChI is InChI=1S/C17H16N2O2S/c1-21-11-16(20)19-17-18-10-14(22-17)9-13-7-4-6-12-5-2-3-8-15(12)13/h2-8,10H,9,11H2,1H3,(H,18,19,20). The van der Waals surface area contributed by atoms with Crippen molar-refractivity contribution in [2.75, 3.05) is 19.0 Å². The monoisotopic (exact) mass is 312 g/mol. The number of nitrogens with one attached hydrogen (secondary N) is 1. The Labute approximate surface area is 132 Å². The van der Waals surface area contributed by atoms with Crippen molar-refractivity contribution in [1.82, 2.24) is 4.98 Å². The van der Waals surface area contributed by atoms with E-state index >= 15 is 0 Å². The van der Waals surface area contributed by atoms with E-state index in [1.165, 1.54) is 34.8 Å². The van der Waals surface area contributed by atoms with Crippen LogP contribution in [-0.4, -0.2) is 24.6 Å². The molecule has 3 aromatic rings. The smallest absolute Gasteiger partial charge is 0.252 e. The Kier molecular flexibility index (Phi) is 4.46. The van der Waals surface area contributed by atoms with Crippen LogP contribution in [0.5, 0.6) is 0 Å². The summed E-state index contributed by atoms with van der Waals surface area (Å²) in [5, 5.41) is 5.83. The van der Waals surface area contributed by atoms with E-state index in [0.717, 1.165) is 11.3 Å². The lowest BCUT2D eigenvalue weighted by Gasteiger charge is -2.04. The van der Waals surface area contributed by atoms with Gasteiger partial charge in [-0.3, -0.25) is 10.1 Å². The largest absolute Gasteiger partial charge is 0.375 e. The van der Waals surface area contributed by atoms with Crippen LogP contribution in [0.3, 0.4) is 0 Å². The summed E-state index contributed by atoms with van der Waals surface area (Å²) in [6.45, 7) is 0.0399. The Bertz CT molecular complexity index is 793. The van der Waals surface area contributed by atoms with Crippen LogP contribution in [0.4, 0.5) is 5.13 Å². The number of anilines is 1. The average molecular weight is 312 g/mol. The van der Waals surface area contributed by atoms with Gasteiger partial charge in [0.05, 0.1) is 0 Å². The van der Waals surface area contributed by atoms with E-state index in [-0.39, 0.29) is 12.5 Å². The minimum atomic E-state index is -0.187. The van der Waals surface area contributed by atoms with Crippen molar-refractivity contribution in [2.45, 2.75) is 6.42 Å². The van der Waals surface area contributed by atoms with Crippen molar-refractivity contribution in [3.05, 3.63) is 59.1 Å². The van der Waals surface area contributed by atoms with Crippen molar-refractivity contribution < 1.29 is 9.53 Å². The third-order valence-electron chi connectivity index (χ3n) is 3.32. The molecule has 112 valence electrons. The van der Waals surface area contributed by atoms with Crippen LogP contribution < -0.4 is 5.32 Å². The molecule has 0 saturated heterocycles. The third-order valence-corrected chi connectivity index (χ3v) is 4.23. The molecule has 1 heterocycles. The molecule has 0 unspecified atom stereocenters. The number of hydrogen-bond acceptors (Lipinski definition) is 4. The lowest BCUT2D eigenvalue weighted by molar-refractivity contribution is -0.119. The highest BCUT2D eigenvalue weighted by atomic mass is 32.1. The summed E-state index contributed by atoms with van der Waals surface area (Å²) < 4.78 is 4.79. The second-order valence-corrected chi connectivity index (χ2v) is 6.04. The zero-order chi connectivity index (χ0) is 15.4. The number of benzene rings is 2. The van der Waals surface area contributed by atoms with Gasteiger partial charge in [-0.2, -0.15) is 0 Å². The highest BCUT2D eigenvalue weighted by molar-refractivity contribution is 7.15. The Hall–Kier alpha value is -2.24. The summed E-state index contributed by atoms with van der Waals surface area (Å²) in [7, 11) is 1.49. The van der Waals surface area contributed by atoms with Gasteiger partial charge < -0.3 is 4.74 Å². The molecule has 0 fully saturated rings. The molecule has 0 bridgehead atoms. The molecule has 0 spiro atoms. The average Bonchev–Trinajstić information content (AvgIpc) is 2.95. The number of thiazole rings is 1. The summed E-state index contributed by atoms with van der Waals surface area (Å²) in [5.74, 6) is -0.187. The Balaban J connectivity index is 1.78. The minimum absolute atomic E-state index is 0.0399. The van der Waals surface area contributed by atoms with Gasteiger partial charge in [0.1, 0.15) is 6.61 Å². The Morgan fingerprint density at radius 3 is 2.91 bits per heavy atom. The SMILES string of the molecule is COCC(=O)Nc1ncc(Cc2cccc3ccccc23)s1. The predicted molar refractivity (Wildman–Crippen MR) is 89.4 cm³/mol. The number of aromatic nitrogens is 1. The van der Waals surface area contributed by atoms with Crippen LogP contribution in [0.2, 0.25) is 0 Å². The zero-order valence-electron chi connectivity index (χ0n) is 12.2. The lowest BCUT2D eigenvalue weighted by atomic mass is 10.0. The fourth-order valence-electron chi connectivity index (χ4n) is 2.37. The maximum absolute atomic E-state index is 11.5. The van der Waals surface area contributed by atoms with Gasteiger partial charge in [-0.25, -0.2) is 4.98 Å². The third kappa shape index (κ3) is 3.32. The molecule has 0 aliphatic carbocycles. The summed E-state index contributed by atoms with van der Waals surface area (Å²) in [4.78, 5) is 16.8. The minimum Gasteiger partial charge on any atom is -0.375 e. The summed E-state index contributed by atoms with van der Waals surface area (Å²) >= 11 is 1.49. The van der Waals surface area contributed by atoms with Crippen LogP contribution in [0.25, 0.3) is 10.8 Å². The normalized spacial score (nSPS) is 10.8. The highest BCUT2D eigenvalue weighted by Crippen LogP contribution is 2.25. The van der Waals surface area contributed by atoms with E-state index in [9.17, 15) is 4.79 Å². The fourth-order valence-corrected chi connectivity index (χ4v) is 3.22. The van der Waals surface area contributed by atoms with Crippen LogP contribution in [0.15, 0.2) is 48.7 Å². The van der Waals surface area contributed by atoms with Crippen LogP contribution in [-0.2, 0) is 16.0 Å². The van der Waals surface area contributed by atoms with E-state index in [1.807, 2.05) is 12.3 Å². The molecule has 1 N–H and O–H groups in total. The fraction of sp³-hybridized carbons (Fsp3) is 0.176. The first-order chi connectivity index (χ1) is 10.8. The van der Waals surface area contributed by atoms with Gasteiger partial charge in [-0.05, 0) is 16.3 Å². The van der Waals surface area contributed by atoms with Crippen LogP contribution in [0, 0.1) is 0 Å². The number of carbonyl (C=O) groups is 1. The molecule has 3 rings (SSSR count). The molecule has 1 amide bonds. The van der Waals surface area contributed by atoms with Crippen molar-refractivity contribution in [1.29, 1.82) is 0 Å². The molecule has 2 aromatic carbocycles. The second-order valence-electron chi connectivity index (χ2n) is 4.93. The molecule has 0 atom stereocenters. The van der Waals surface area contributed by atoms with Crippen molar-refractivity contribution in [3.63, 3.8) is 0 Å². The van der Waals surface area contributed by atoms with Crippen molar-refractivity contribution >= 4 is 33.1 Å². The van der Waals surface area contributed by atoms with Gasteiger partial charge in [0.2, 0.25) is 0 Å². The molecule has 22 heavy (non-hydrogen) atoms. The topological polar surface area (TPSA) is 51.2 Å². The number of nitrogens with zero attached hydrogens (tertiary/aromatic N) is 1. The van der Waals surface area contributed by atoms with E-state index in [1.54, 1.807) is 0 Å². The lowest BCUT2D eigenvalue weighted by Crippen LogP contribution is -2.16. The number of ether oxygens (including phenoxy) is 1. The van der Waals surface area contributed by atoms with Crippen molar-refractivity contribution in [2.24, 2.45) is 0 Å². The molecule has 4 nitrogen and oxygen atoms in total. The summed E-state index contributed by atoms with van der Waals surface area (Å²) in [6, 6.07) is 14.7. The van der Waals surface area contributed by atoms with Crippen LogP contribution >= 0.6 is 11.3 Å². The van der Waals surface area contributed by atoms with E-state index in [4.69, 9.17) is 4.74 Å². The van der Waals surface area contributed by atoms with Gasteiger partial charge in [0.15, 0.2) is 5.13 Å². The number of rotatable bonds is 5. The molecule has 5 heteroatoms. The molecule has 0 aliphatic rings. The first-order valence-corrected chi connectivity index (χ1v) is 7.78. The Morgan fingerprint density at radius 1 is 1.23 bits per heavy atom. The molecular weight excluding hydrogens is 296 g/mol. The Morgan fingerprint density at radius 2 is 2.05 bits per heavy atom. The maximum Gasteiger partial charge on any atom is 0.252 e. The molecule has 1 aromatic heterocycles. The van der Waals surface area contributed by atoms with E-state index in [2.05, 4.69) is 46.7 Å². The number of fused-ring (bicyclic) bond motifs is 1. The van der Waals surface area contributed by atoms with Gasteiger partial charge in [-0.1, -0.05) is 42.5 Å². The van der Waals surface area contributed by atoms with E-state index < -0.39 is 0 Å². The maximum atomic E-state index is 11.5. The van der Waals surface area contributed by atoms with Crippen molar-refractivity contribution in [3.8, 4) is 0 Å². The number of carbonyl (C=O) groups excluding carboxylic acids is 1. The molecular formula is C17H16N2O2S. The second kappa shape index (κ2) is 6.68. The zero-order valence-corrected chi connectivity index (χ0v) is 13.0. The quantitative estimate of drug-likeness (QED) is 0.785. The first-order valence-electron chi connectivity index (χ1n) is 6.96. The molecule has 0 saturated carbocycles. The van der Waals surface area contributed by atoms with Gasteiger partial charge in [0.25, 0.3) is 5.91 Å². The number of amides is 1. The number of hydrogen-bond donors (Lipinski definition) is 1. The predicted octanol–water partition coefficient (Wildman–Crippen LogP) is 3.47. The summed E-state index contributed by atoms with van der Waals surface area (Å²) in [6.07, 6.45) is 2.62. The molecule has 0 radical (unpaired) electrons. The highest BCUT2D eigenvalue weighted by Gasteiger charge is 2.08. The van der Waals surface area contributed by atoms with Gasteiger partial charge >= 0.3 is 0 Å². The van der Waals surface area contributed by atoms with Crippen LogP contribution in [0.1, 0.15) is 10.4 Å². The summed E-state index contributed by atoms with van der Waals surface area (Å²) in [5.41, 5.74) is 1.26. The van der Waals surface area contributed by atoms with E-state index in [0.29, 0.717) is 5.13 Å². The van der Waals surface area contributed by atoms with Gasteiger partial charge in [0, 0.05) is 24.6 Å².